The van der Waals surface area contributed by atoms with Crippen molar-refractivity contribution in [2.45, 2.75) is 39.0 Å². The van der Waals surface area contributed by atoms with Crippen molar-refractivity contribution in [3.63, 3.8) is 0 Å². The summed E-state index contributed by atoms with van der Waals surface area (Å²) in [5, 5.41) is 0. The molecule has 0 saturated carbocycles. The Hall–Kier alpha value is -0.520. The lowest BCUT2D eigenvalue weighted by Gasteiger charge is -1.89. The zero-order chi connectivity index (χ0) is 8.36. The van der Waals surface area contributed by atoms with Crippen molar-refractivity contribution in [2.75, 3.05) is 0 Å². The van der Waals surface area contributed by atoms with Crippen molar-refractivity contribution in [3.05, 3.63) is 31.2 Å². The van der Waals surface area contributed by atoms with Gasteiger partial charge in [-0.1, -0.05) is 51.0 Å². The van der Waals surface area contributed by atoms with Crippen LogP contribution in [0, 0.1) is 6.92 Å². The van der Waals surface area contributed by atoms with Gasteiger partial charge in [-0.15, -0.1) is 0 Å². The van der Waals surface area contributed by atoms with Gasteiger partial charge in [0.2, 0.25) is 0 Å². The highest BCUT2D eigenvalue weighted by molar-refractivity contribution is 5.01. The third-order valence-electron chi connectivity index (χ3n) is 1.49. The third kappa shape index (κ3) is 9.48. The van der Waals surface area contributed by atoms with E-state index in [2.05, 4.69) is 38.2 Å². The number of allylic oxidation sites excluding steroid dienone is 4. The minimum atomic E-state index is 1.07. The molecule has 0 aromatic carbocycles. The van der Waals surface area contributed by atoms with E-state index in [4.69, 9.17) is 0 Å². The van der Waals surface area contributed by atoms with E-state index >= 15 is 0 Å². The first-order valence-electron chi connectivity index (χ1n) is 4.52. The van der Waals surface area contributed by atoms with Crippen molar-refractivity contribution in [1.29, 1.82) is 0 Å². The Morgan fingerprint density at radius 3 is 2.45 bits per heavy atom. The molecule has 0 unspecified atom stereocenters. The molecule has 0 aliphatic heterocycles. The van der Waals surface area contributed by atoms with Crippen LogP contribution in [0.2, 0.25) is 0 Å². The summed E-state index contributed by atoms with van der Waals surface area (Å²) in [5.74, 6) is 0. The van der Waals surface area contributed by atoms with E-state index in [0.717, 1.165) is 12.8 Å². The second-order valence-corrected chi connectivity index (χ2v) is 2.61. The van der Waals surface area contributed by atoms with E-state index in [0.29, 0.717) is 0 Å². The minimum absolute atomic E-state index is 1.07. The lowest BCUT2D eigenvalue weighted by Crippen LogP contribution is -1.69. The van der Waals surface area contributed by atoms with E-state index in [1.165, 1.54) is 19.3 Å². The van der Waals surface area contributed by atoms with Gasteiger partial charge in [0.25, 0.3) is 0 Å². The molecule has 0 aromatic heterocycles. The van der Waals surface area contributed by atoms with Crippen LogP contribution < -0.4 is 0 Å². The topological polar surface area (TPSA) is 0 Å². The zero-order valence-corrected chi connectivity index (χ0v) is 7.55. The molecule has 0 atom stereocenters. The summed E-state index contributed by atoms with van der Waals surface area (Å²) in [7, 11) is 0. The largest absolute Gasteiger partial charge is 0.0848 e. The fourth-order valence-electron chi connectivity index (χ4n) is 0.828. The minimum Gasteiger partial charge on any atom is -0.0848 e. The van der Waals surface area contributed by atoms with Gasteiger partial charge in [-0.05, 0) is 19.3 Å². The van der Waals surface area contributed by atoms with E-state index in [1.54, 1.807) is 0 Å². The molecule has 11 heavy (non-hydrogen) atoms. The molecule has 0 bridgehead atoms. The summed E-state index contributed by atoms with van der Waals surface area (Å²) in [4.78, 5) is 0. The molecule has 0 aliphatic carbocycles. The van der Waals surface area contributed by atoms with Crippen LogP contribution in [0.15, 0.2) is 24.3 Å². The Morgan fingerprint density at radius 2 is 1.82 bits per heavy atom. The molecular weight excluding hydrogens is 132 g/mol. The second-order valence-electron chi connectivity index (χ2n) is 2.61. The molecule has 0 fully saturated rings. The van der Waals surface area contributed by atoms with E-state index in [9.17, 15) is 0 Å². The first-order chi connectivity index (χ1) is 5.41. The number of rotatable bonds is 6. The standard InChI is InChI=1S/C11H19/c1-3-5-7-9-11-10-8-6-4-2/h6,8,10-11H,1,3-5,7,9H2,2H3/b8-6+,11-10+. The lowest BCUT2D eigenvalue weighted by molar-refractivity contribution is 0.760. The van der Waals surface area contributed by atoms with Crippen molar-refractivity contribution in [2.24, 2.45) is 0 Å². The number of hydrogen-bond donors (Lipinski definition) is 0. The highest BCUT2D eigenvalue weighted by atomic mass is 13.9. The number of unbranched alkanes of at least 4 members (excludes halogenated alkanes) is 3. The van der Waals surface area contributed by atoms with Gasteiger partial charge in [-0.25, -0.2) is 0 Å². The Kier molecular flexibility index (Phi) is 9.03. The fraction of sp³-hybridized carbons (Fsp3) is 0.545. The van der Waals surface area contributed by atoms with Gasteiger partial charge in [0.1, 0.15) is 0 Å². The molecule has 0 heterocycles. The molecule has 0 heteroatoms. The first kappa shape index (κ1) is 10.5. The molecule has 0 aliphatic rings. The summed E-state index contributed by atoms with van der Waals surface area (Å²) >= 11 is 0. The summed E-state index contributed by atoms with van der Waals surface area (Å²) in [6.45, 7) is 5.94. The Morgan fingerprint density at radius 1 is 1.09 bits per heavy atom. The Bertz CT molecular complexity index is 109. The van der Waals surface area contributed by atoms with Crippen LogP contribution >= 0.6 is 0 Å². The summed E-state index contributed by atoms with van der Waals surface area (Å²) in [6.07, 6.45) is 14.6. The van der Waals surface area contributed by atoms with Crippen LogP contribution in [0.4, 0.5) is 0 Å². The van der Waals surface area contributed by atoms with Gasteiger partial charge in [0.05, 0.1) is 0 Å². The second kappa shape index (κ2) is 9.48. The van der Waals surface area contributed by atoms with Gasteiger partial charge >= 0.3 is 0 Å². The first-order valence-corrected chi connectivity index (χ1v) is 4.52. The Balaban J connectivity index is 3.09. The zero-order valence-electron chi connectivity index (χ0n) is 7.55. The van der Waals surface area contributed by atoms with Gasteiger partial charge in [0, 0.05) is 0 Å². The van der Waals surface area contributed by atoms with Crippen molar-refractivity contribution >= 4 is 0 Å². The van der Waals surface area contributed by atoms with Crippen LogP contribution in [0.5, 0.6) is 0 Å². The normalized spacial score (nSPS) is 11.8. The Labute approximate surface area is 71.0 Å². The molecule has 0 amide bonds. The lowest BCUT2D eigenvalue weighted by atomic mass is 10.2. The smallest absolute Gasteiger partial charge is 0.0348 e. The van der Waals surface area contributed by atoms with Crippen molar-refractivity contribution in [3.8, 4) is 0 Å². The van der Waals surface area contributed by atoms with Gasteiger partial charge in [-0.3, -0.25) is 0 Å². The van der Waals surface area contributed by atoms with Crippen molar-refractivity contribution < 1.29 is 0 Å². The quantitative estimate of drug-likeness (QED) is 0.399. The van der Waals surface area contributed by atoms with Crippen LogP contribution in [-0.2, 0) is 0 Å². The van der Waals surface area contributed by atoms with Crippen LogP contribution in [0.3, 0.4) is 0 Å². The average Bonchev–Trinajstić information content (AvgIpc) is 2.03. The summed E-state index contributed by atoms with van der Waals surface area (Å²) in [6, 6.07) is 0. The molecule has 0 spiro atoms. The number of hydrogen-bond acceptors (Lipinski definition) is 0. The summed E-state index contributed by atoms with van der Waals surface area (Å²) in [5.41, 5.74) is 0. The summed E-state index contributed by atoms with van der Waals surface area (Å²) < 4.78 is 0. The molecule has 1 radical (unpaired) electrons. The van der Waals surface area contributed by atoms with Crippen LogP contribution in [0.25, 0.3) is 0 Å². The van der Waals surface area contributed by atoms with E-state index < -0.39 is 0 Å². The monoisotopic (exact) mass is 151 g/mol. The highest BCUT2D eigenvalue weighted by Crippen LogP contribution is 1.99. The highest BCUT2D eigenvalue weighted by Gasteiger charge is 1.79. The SMILES string of the molecule is [CH2]CCCC/C=C/C=C/CC. The molecule has 0 nitrogen and oxygen atoms in total. The van der Waals surface area contributed by atoms with Crippen LogP contribution in [-0.4, -0.2) is 0 Å². The maximum Gasteiger partial charge on any atom is -0.0348 e. The predicted octanol–water partition coefficient (Wildman–Crippen LogP) is 3.90. The molecule has 63 valence electrons. The predicted molar refractivity (Wildman–Crippen MR) is 52.4 cm³/mol. The molecular formula is C11H19. The van der Waals surface area contributed by atoms with E-state index in [1.807, 2.05) is 0 Å². The maximum atomic E-state index is 3.79. The van der Waals surface area contributed by atoms with Crippen LogP contribution in [0.1, 0.15) is 39.0 Å². The van der Waals surface area contributed by atoms with Crippen molar-refractivity contribution in [1.82, 2.24) is 0 Å². The molecule has 0 N–H and O–H groups in total. The van der Waals surface area contributed by atoms with Gasteiger partial charge in [-0.2, -0.15) is 0 Å². The maximum absolute atomic E-state index is 3.79. The molecule has 0 aromatic rings. The van der Waals surface area contributed by atoms with E-state index in [-0.39, 0.29) is 0 Å². The fourth-order valence-corrected chi connectivity index (χ4v) is 0.828. The molecule has 0 rings (SSSR count). The van der Waals surface area contributed by atoms with Gasteiger partial charge < -0.3 is 0 Å². The third-order valence-corrected chi connectivity index (χ3v) is 1.49. The van der Waals surface area contributed by atoms with Gasteiger partial charge in [0.15, 0.2) is 0 Å². The average molecular weight is 151 g/mol. The molecule has 0 saturated heterocycles.